The Morgan fingerprint density at radius 1 is 1.21 bits per heavy atom. The normalized spacial score (nSPS) is 12.2. The summed E-state index contributed by atoms with van der Waals surface area (Å²) in [5, 5.41) is 9.06. The number of para-hydroxylation sites is 1. The van der Waals surface area contributed by atoms with Crippen molar-refractivity contribution in [3.05, 3.63) is 53.1 Å². The smallest absolute Gasteiger partial charge is 0.344 e. The van der Waals surface area contributed by atoms with Gasteiger partial charge in [0.25, 0.3) is 0 Å². The summed E-state index contributed by atoms with van der Waals surface area (Å²) in [4.78, 5) is 15.5. The van der Waals surface area contributed by atoms with Gasteiger partial charge in [0.1, 0.15) is 0 Å². The van der Waals surface area contributed by atoms with Gasteiger partial charge in [0.05, 0.1) is 12.8 Å². The highest BCUT2D eigenvalue weighted by atomic mass is 16.5. The van der Waals surface area contributed by atoms with Gasteiger partial charge in [0.2, 0.25) is 0 Å². The fraction of sp³-hybridized carbons (Fsp3) is 0.263. The van der Waals surface area contributed by atoms with Gasteiger partial charge in [-0.25, -0.2) is 4.79 Å². The maximum absolute atomic E-state index is 11.1. The zero-order chi connectivity index (χ0) is 17.7. The fourth-order valence-corrected chi connectivity index (χ4v) is 2.10. The molecule has 0 aromatic heterocycles. The predicted molar refractivity (Wildman–Crippen MR) is 93.9 cm³/mol. The van der Waals surface area contributed by atoms with Gasteiger partial charge >= 0.3 is 5.97 Å². The number of hydrogen-bond donors (Lipinski definition) is 1. The summed E-state index contributed by atoms with van der Waals surface area (Å²) >= 11 is 0. The molecule has 0 aliphatic carbocycles. The van der Waals surface area contributed by atoms with E-state index in [1.54, 1.807) is 24.4 Å². The van der Waals surface area contributed by atoms with Crippen LogP contribution in [0, 0.1) is 13.8 Å². The topological polar surface area (TPSA) is 68.1 Å². The van der Waals surface area contributed by atoms with Crippen molar-refractivity contribution in [2.24, 2.45) is 4.99 Å². The Balaban J connectivity index is 2.36. The first-order valence-electron chi connectivity index (χ1n) is 7.60. The van der Waals surface area contributed by atoms with Gasteiger partial charge in [-0.15, -0.1) is 0 Å². The van der Waals surface area contributed by atoms with Crippen LogP contribution >= 0.6 is 0 Å². The number of nitrogens with zero attached hydrogens (tertiary/aromatic N) is 1. The molecule has 0 amide bonds. The molecule has 24 heavy (non-hydrogen) atoms. The van der Waals surface area contributed by atoms with Crippen LogP contribution in [-0.2, 0) is 4.79 Å². The lowest BCUT2D eigenvalue weighted by Crippen LogP contribution is -2.23. The Morgan fingerprint density at radius 2 is 1.96 bits per heavy atom. The summed E-state index contributed by atoms with van der Waals surface area (Å²) in [7, 11) is 1.51. The van der Waals surface area contributed by atoms with Gasteiger partial charge in [-0.05, 0) is 56.2 Å². The Labute approximate surface area is 141 Å². The van der Waals surface area contributed by atoms with Crippen molar-refractivity contribution in [2.45, 2.75) is 26.9 Å². The van der Waals surface area contributed by atoms with Gasteiger partial charge in [0, 0.05) is 11.8 Å². The number of ether oxygens (including phenoxy) is 2. The number of hydrogen-bond acceptors (Lipinski definition) is 4. The molecule has 0 bridgehead atoms. The molecule has 126 valence electrons. The lowest BCUT2D eigenvalue weighted by atomic mass is 10.1. The first-order valence-corrected chi connectivity index (χ1v) is 7.60. The number of aryl methyl sites for hydroxylation is 2. The van der Waals surface area contributed by atoms with E-state index in [9.17, 15) is 4.79 Å². The lowest BCUT2D eigenvalue weighted by Gasteiger charge is -2.15. The van der Waals surface area contributed by atoms with Gasteiger partial charge in [-0.2, -0.15) is 0 Å². The van der Waals surface area contributed by atoms with E-state index in [1.165, 1.54) is 19.6 Å². The third-order valence-electron chi connectivity index (χ3n) is 3.71. The number of carboxylic acid groups (broad SMARTS) is 1. The van der Waals surface area contributed by atoms with Crippen LogP contribution < -0.4 is 9.47 Å². The molecule has 0 spiro atoms. The number of carbonyl (C=O) groups is 1. The van der Waals surface area contributed by atoms with Crippen molar-refractivity contribution in [1.29, 1.82) is 0 Å². The molecule has 0 heterocycles. The van der Waals surface area contributed by atoms with Crippen LogP contribution in [0.5, 0.6) is 11.5 Å². The minimum absolute atomic E-state index is 0.363. The highest BCUT2D eigenvalue weighted by Crippen LogP contribution is 2.31. The molecular weight excluding hydrogens is 306 g/mol. The Morgan fingerprint density at radius 3 is 2.58 bits per heavy atom. The SMILES string of the molecule is COc1cccc(C=Nc2ccc(C)c(C)c2)c1O[C@@H](C)C(=O)O. The molecule has 0 aliphatic rings. The number of benzene rings is 2. The van der Waals surface area contributed by atoms with Crippen molar-refractivity contribution < 1.29 is 19.4 Å². The first kappa shape index (κ1) is 17.5. The molecule has 1 atom stereocenters. The summed E-state index contributed by atoms with van der Waals surface area (Å²) < 4.78 is 10.8. The molecule has 5 nitrogen and oxygen atoms in total. The van der Waals surface area contributed by atoms with Gasteiger partial charge in [-0.3, -0.25) is 4.99 Å². The molecule has 0 fully saturated rings. The quantitative estimate of drug-likeness (QED) is 0.817. The molecule has 0 saturated carbocycles. The van der Waals surface area contributed by atoms with Gasteiger partial charge in [0.15, 0.2) is 17.6 Å². The summed E-state index contributed by atoms with van der Waals surface area (Å²) in [6, 6.07) is 11.3. The van der Waals surface area contributed by atoms with Crippen LogP contribution in [0.4, 0.5) is 5.69 Å². The van der Waals surface area contributed by atoms with E-state index in [2.05, 4.69) is 4.99 Å². The Kier molecular flexibility index (Phi) is 5.58. The zero-order valence-electron chi connectivity index (χ0n) is 14.2. The maximum Gasteiger partial charge on any atom is 0.344 e. The molecule has 0 radical (unpaired) electrons. The van der Waals surface area contributed by atoms with E-state index in [0.29, 0.717) is 17.1 Å². The fourth-order valence-electron chi connectivity index (χ4n) is 2.10. The zero-order valence-corrected chi connectivity index (χ0v) is 14.2. The number of aliphatic carboxylic acids is 1. The maximum atomic E-state index is 11.1. The molecular formula is C19H21NO4. The second-order valence-corrected chi connectivity index (χ2v) is 5.50. The van der Waals surface area contributed by atoms with E-state index >= 15 is 0 Å². The average Bonchev–Trinajstić information content (AvgIpc) is 2.56. The van der Waals surface area contributed by atoms with E-state index in [0.717, 1.165) is 11.3 Å². The number of rotatable bonds is 6. The van der Waals surface area contributed by atoms with E-state index in [1.807, 2.05) is 32.0 Å². The van der Waals surface area contributed by atoms with Crippen molar-refractivity contribution in [3.8, 4) is 11.5 Å². The molecule has 0 aliphatic heterocycles. The van der Waals surface area contributed by atoms with E-state index < -0.39 is 12.1 Å². The summed E-state index contributed by atoms with van der Waals surface area (Å²) in [6.45, 7) is 5.55. The molecule has 5 heteroatoms. The number of methoxy groups -OCH3 is 1. The van der Waals surface area contributed by atoms with Crippen LogP contribution in [0.1, 0.15) is 23.6 Å². The largest absolute Gasteiger partial charge is 0.493 e. The third-order valence-corrected chi connectivity index (χ3v) is 3.71. The van der Waals surface area contributed by atoms with Crippen molar-refractivity contribution in [2.75, 3.05) is 7.11 Å². The molecule has 0 saturated heterocycles. The number of carboxylic acids is 1. The first-order chi connectivity index (χ1) is 11.4. The standard InChI is InChI=1S/C19H21NO4/c1-12-8-9-16(10-13(12)2)20-11-15-6-5-7-17(23-4)18(15)24-14(3)19(21)22/h5-11,14H,1-4H3,(H,21,22)/t14-/m0/s1. The second kappa shape index (κ2) is 7.64. The monoisotopic (exact) mass is 327 g/mol. The molecule has 1 N–H and O–H groups in total. The van der Waals surface area contributed by atoms with E-state index in [-0.39, 0.29) is 0 Å². The third kappa shape index (κ3) is 4.13. The van der Waals surface area contributed by atoms with Crippen LogP contribution in [0.3, 0.4) is 0 Å². The Hall–Kier alpha value is -2.82. The highest BCUT2D eigenvalue weighted by Gasteiger charge is 2.17. The van der Waals surface area contributed by atoms with Gasteiger partial charge < -0.3 is 14.6 Å². The second-order valence-electron chi connectivity index (χ2n) is 5.50. The molecule has 2 aromatic rings. The number of aliphatic imine (C=N–C) groups is 1. The van der Waals surface area contributed by atoms with Gasteiger partial charge in [-0.1, -0.05) is 12.1 Å². The van der Waals surface area contributed by atoms with Crippen molar-refractivity contribution in [3.63, 3.8) is 0 Å². The van der Waals surface area contributed by atoms with E-state index in [4.69, 9.17) is 14.6 Å². The van der Waals surface area contributed by atoms with Crippen molar-refractivity contribution >= 4 is 17.9 Å². The van der Waals surface area contributed by atoms with Crippen LogP contribution in [-0.4, -0.2) is 30.5 Å². The molecule has 0 unspecified atom stereocenters. The minimum atomic E-state index is -1.04. The Bertz CT molecular complexity index is 768. The minimum Gasteiger partial charge on any atom is -0.493 e. The summed E-state index contributed by atoms with van der Waals surface area (Å²) in [5.41, 5.74) is 3.83. The molecule has 2 rings (SSSR count). The highest BCUT2D eigenvalue weighted by molar-refractivity contribution is 5.87. The van der Waals surface area contributed by atoms with Crippen LogP contribution in [0.2, 0.25) is 0 Å². The summed E-state index contributed by atoms with van der Waals surface area (Å²) in [5.74, 6) is -0.215. The predicted octanol–water partition coefficient (Wildman–Crippen LogP) is 3.91. The average molecular weight is 327 g/mol. The van der Waals surface area contributed by atoms with Crippen LogP contribution in [0.15, 0.2) is 41.4 Å². The van der Waals surface area contributed by atoms with Crippen LogP contribution in [0.25, 0.3) is 0 Å². The summed E-state index contributed by atoms with van der Waals surface area (Å²) in [6.07, 6.45) is 0.659. The lowest BCUT2D eigenvalue weighted by molar-refractivity contribution is -0.144. The molecule has 2 aromatic carbocycles. The van der Waals surface area contributed by atoms with Crippen molar-refractivity contribution in [1.82, 2.24) is 0 Å².